The summed E-state index contributed by atoms with van der Waals surface area (Å²) in [6, 6.07) is 8.61. The van der Waals surface area contributed by atoms with Crippen LogP contribution in [0.25, 0.3) is 0 Å². The molecule has 0 aliphatic carbocycles. The van der Waals surface area contributed by atoms with Crippen molar-refractivity contribution in [3.05, 3.63) is 35.9 Å². The first kappa shape index (κ1) is 14.0. The van der Waals surface area contributed by atoms with Crippen molar-refractivity contribution in [3.8, 4) is 0 Å². The summed E-state index contributed by atoms with van der Waals surface area (Å²) < 4.78 is 4.67. The van der Waals surface area contributed by atoms with Gasteiger partial charge in [-0.25, -0.2) is 4.79 Å². The smallest absolute Gasteiger partial charge is 0.344 e. The molecule has 0 aliphatic rings. The summed E-state index contributed by atoms with van der Waals surface area (Å²) in [7, 11) is 1.24. The van der Waals surface area contributed by atoms with Crippen molar-refractivity contribution < 1.29 is 14.6 Å². The minimum atomic E-state index is -1.81. The molecule has 3 nitrogen and oxygen atoms in total. The number of esters is 1. The number of ether oxygens (including phenoxy) is 1. The van der Waals surface area contributed by atoms with Gasteiger partial charge < -0.3 is 9.84 Å². The van der Waals surface area contributed by atoms with E-state index in [1.165, 1.54) is 7.11 Å². The first-order valence-corrected chi connectivity index (χ1v) is 5.88. The van der Waals surface area contributed by atoms with Crippen molar-refractivity contribution in [2.45, 2.75) is 24.8 Å². The number of aliphatic hydroxyl groups is 1. The van der Waals surface area contributed by atoms with Crippen LogP contribution in [0.4, 0.5) is 0 Å². The van der Waals surface area contributed by atoms with Crippen molar-refractivity contribution in [1.29, 1.82) is 0 Å². The van der Waals surface area contributed by atoms with E-state index in [0.717, 1.165) is 0 Å². The van der Waals surface area contributed by atoms with Gasteiger partial charge in [-0.15, -0.1) is 11.6 Å². The van der Waals surface area contributed by atoms with Crippen LogP contribution in [0.5, 0.6) is 0 Å². The minimum Gasteiger partial charge on any atom is -0.467 e. The van der Waals surface area contributed by atoms with Crippen LogP contribution in [0.1, 0.15) is 19.4 Å². The van der Waals surface area contributed by atoms with Crippen LogP contribution in [-0.2, 0) is 15.1 Å². The number of hydrogen-bond acceptors (Lipinski definition) is 3. The van der Waals surface area contributed by atoms with Gasteiger partial charge in [0, 0.05) is 0 Å². The number of benzene rings is 1. The molecule has 0 radical (unpaired) electrons. The fraction of sp³-hybridized carbons (Fsp3) is 0.462. The Morgan fingerprint density at radius 1 is 1.35 bits per heavy atom. The normalized spacial score (nSPS) is 16.4. The zero-order chi connectivity index (χ0) is 13.1. The molecule has 0 spiro atoms. The predicted molar refractivity (Wildman–Crippen MR) is 66.8 cm³/mol. The molecular weight excluding hydrogens is 240 g/mol. The number of alkyl halides is 1. The van der Waals surface area contributed by atoms with E-state index in [1.54, 1.807) is 30.3 Å². The molecule has 0 saturated carbocycles. The second kappa shape index (κ2) is 5.52. The molecule has 0 unspecified atom stereocenters. The van der Waals surface area contributed by atoms with Gasteiger partial charge in [0.25, 0.3) is 0 Å². The van der Waals surface area contributed by atoms with Crippen molar-refractivity contribution in [2.24, 2.45) is 5.92 Å². The van der Waals surface area contributed by atoms with Gasteiger partial charge in [0.15, 0.2) is 0 Å². The minimum absolute atomic E-state index is 0.0685. The Hall–Kier alpha value is -1.06. The van der Waals surface area contributed by atoms with Gasteiger partial charge in [-0.2, -0.15) is 0 Å². The highest BCUT2D eigenvalue weighted by molar-refractivity contribution is 6.23. The molecule has 0 amide bonds. The summed E-state index contributed by atoms with van der Waals surface area (Å²) in [6.45, 7) is 3.68. The number of halogens is 1. The summed E-state index contributed by atoms with van der Waals surface area (Å²) in [5.74, 6) is -0.807. The van der Waals surface area contributed by atoms with E-state index >= 15 is 0 Å². The summed E-state index contributed by atoms with van der Waals surface area (Å²) in [5.41, 5.74) is -1.37. The lowest BCUT2D eigenvalue weighted by atomic mass is 9.85. The molecular formula is C13H17ClO3. The standard InChI is InChI=1S/C13H17ClO3/c1-9(2)11(14)13(16,12(15)17-3)10-7-5-4-6-8-10/h4-9,11,16H,1-3H3/t11-,13+/m0/s1. The Morgan fingerprint density at radius 2 is 1.88 bits per heavy atom. The van der Waals surface area contributed by atoms with Gasteiger partial charge >= 0.3 is 5.97 Å². The molecule has 1 aromatic rings. The van der Waals surface area contributed by atoms with Gasteiger partial charge in [-0.1, -0.05) is 44.2 Å². The molecule has 0 bridgehead atoms. The summed E-state index contributed by atoms with van der Waals surface area (Å²) >= 11 is 6.18. The number of hydrogen-bond donors (Lipinski definition) is 1. The average molecular weight is 257 g/mol. The van der Waals surface area contributed by atoms with E-state index in [1.807, 2.05) is 13.8 Å². The van der Waals surface area contributed by atoms with Crippen molar-refractivity contribution in [1.82, 2.24) is 0 Å². The average Bonchev–Trinajstić information content (AvgIpc) is 2.36. The van der Waals surface area contributed by atoms with E-state index in [4.69, 9.17) is 11.6 Å². The molecule has 17 heavy (non-hydrogen) atoms. The molecule has 4 heteroatoms. The molecule has 1 N–H and O–H groups in total. The van der Waals surface area contributed by atoms with E-state index in [9.17, 15) is 9.90 Å². The molecule has 0 saturated heterocycles. The van der Waals surface area contributed by atoms with Crippen LogP contribution >= 0.6 is 11.6 Å². The monoisotopic (exact) mass is 256 g/mol. The third-order valence-corrected chi connectivity index (χ3v) is 3.51. The van der Waals surface area contributed by atoms with Crippen LogP contribution < -0.4 is 0 Å². The lowest BCUT2D eigenvalue weighted by molar-refractivity contribution is -0.164. The summed E-state index contributed by atoms with van der Waals surface area (Å²) in [5, 5.41) is 9.83. The quantitative estimate of drug-likeness (QED) is 0.664. The number of rotatable bonds is 4. The maximum atomic E-state index is 11.8. The van der Waals surface area contributed by atoms with Crippen LogP contribution in [0, 0.1) is 5.92 Å². The third-order valence-electron chi connectivity index (χ3n) is 2.69. The highest BCUT2D eigenvalue weighted by atomic mass is 35.5. The maximum absolute atomic E-state index is 11.8. The second-order valence-electron chi connectivity index (χ2n) is 4.27. The summed E-state index contributed by atoms with van der Waals surface area (Å²) in [4.78, 5) is 11.8. The molecule has 94 valence electrons. The van der Waals surface area contributed by atoms with Crippen molar-refractivity contribution >= 4 is 17.6 Å². The van der Waals surface area contributed by atoms with Gasteiger partial charge in [0.05, 0.1) is 12.5 Å². The highest BCUT2D eigenvalue weighted by Gasteiger charge is 2.47. The highest BCUT2D eigenvalue weighted by Crippen LogP contribution is 2.34. The molecule has 0 aliphatic heterocycles. The third kappa shape index (κ3) is 2.61. The zero-order valence-electron chi connectivity index (χ0n) is 10.2. The van der Waals surface area contributed by atoms with Gasteiger partial charge in [0.2, 0.25) is 5.60 Å². The number of carbonyl (C=O) groups is 1. The summed E-state index contributed by atoms with van der Waals surface area (Å²) in [6.07, 6.45) is 0. The molecule has 1 aromatic carbocycles. The lowest BCUT2D eigenvalue weighted by Crippen LogP contribution is -2.47. The lowest BCUT2D eigenvalue weighted by Gasteiger charge is -2.32. The van der Waals surface area contributed by atoms with Gasteiger partial charge in [0.1, 0.15) is 0 Å². The van der Waals surface area contributed by atoms with Crippen molar-refractivity contribution in [3.63, 3.8) is 0 Å². The Kier molecular flexibility index (Phi) is 4.54. The Morgan fingerprint density at radius 3 is 2.29 bits per heavy atom. The maximum Gasteiger partial charge on any atom is 0.344 e. The molecule has 2 atom stereocenters. The molecule has 0 heterocycles. The molecule has 1 rings (SSSR count). The largest absolute Gasteiger partial charge is 0.467 e. The van der Waals surface area contributed by atoms with Crippen LogP contribution in [0.3, 0.4) is 0 Å². The first-order valence-electron chi connectivity index (χ1n) is 5.45. The second-order valence-corrected chi connectivity index (χ2v) is 4.74. The van der Waals surface area contributed by atoms with E-state index in [2.05, 4.69) is 4.74 Å². The van der Waals surface area contributed by atoms with Crippen LogP contribution in [0.15, 0.2) is 30.3 Å². The molecule has 0 aromatic heterocycles. The number of methoxy groups -OCH3 is 1. The van der Waals surface area contributed by atoms with Crippen molar-refractivity contribution in [2.75, 3.05) is 7.11 Å². The van der Waals surface area contributed by atoms with Crippen LogP contribution in [0.2, 0.25) is 0 Å². The van der Waals surface area contributed by atoms with Gasteiger partial charge in [-0.3, -0.25) is 0 Å². The van der Waals surface area contributed by atoms with E-state index in [0.29, 0.717) is 5.56 Å². The SMILES string of the molecule is COC(=O)[C@@](O)(c1ccccc1)[C@@H](Cl)C(C)C. The number of carbonyl (C=O) groups excluding carboxylic acids is 1. The Labute approximate surface area is 106 Å². The Balaban J connectivity index is 3.25. The fourth-order valence-electron chi connectivity index (χ4n) is 1.72. The van der Waals surface area contributed by atoms with Gasteiger partial charge in [-0.05, 0) is 11.5 Å². The Bertz CT molecular complexity index is 378. The topological polar surface area (TPSA) is 46.5 Å². The van der Waals surface area contributed by atoms with E-state index in [-0.39, 0.29) is 5.92 Å². The predicted octanol–water partition coefficient (Wildman–Crippen LogP) is 2.31. The molecule has 0 fully saturated rings. The van der Waals surface area contributed by atoms with Crippen LogP contribution in [-0.4, -0.2) is 23.6 Å². The first-order chi connectivity index (χ1) is 7.94. The fourth-order valence-corrected chi connectivity index (χ4v) is 1.93. The van der Waals surface area contributed by atoms with E-state index < -0.39 is 16.9 Å². The zero-order valence-corrected chi connectivity index (χ0v) is 10.9.